The molecule has 0 aliphatic heterocycles. The Labute approximate surface area is 266 Å². The second kappa shape index (κ2) is 15.6. The number of hydrogen-bond acceptors (Lipinski definition) is 4. The van der Waals surface area contributed by atoms with Crippen LogP contribution in [0.5, 0.6) is 0 Å². The molecule has 0 saturated heterocycles. The SMILES string of the molecule is Cc1cccc(N(CCCC(=O)N(Cc2c(Cl)cccc2Cl)[C@H](Cc2ccccc2)C(=O)NCC(C)C)S(C)(=O)=O)c1C. The maximum absolute atomic E-state index is 14.0. The molecule has 43 heavy (non-hydrogen) atoms. The molecule has 0 aromatic heterocycles. The van der Waals surface area contributed by atoms with Gasteiger partial charge in [0.25, 0.3) is 0 Å². The maximum Gasteiger partial charge on any atom is 0.243 e. The van der Waals surface area contributed by atoms with Crippen LogP contribution in [0.2, 0.25) is 10.0 Å². The summed E-state index contributed by atoms with van der Waals surface area (Å²) >= 11 is 13.0. The van der Waals surface area contributed by atoms with Crippen molar-refractivity contribution in [1.82, 2.24) is 10.2 Å². The third-order valence-electron chi connectivity index (χ3n) is 7.34. The Balaban J connectivity index is 1.94. The monoisotopic (exact) mass is 645 g/mol. The summed E-state index contributed by atoms with van der Waals surface area (Å²) in [4.78, 5) is 29.2. The first kappa shape index (κ1) is 34.4. The van der Waals surface area contributed by atoms with Gasteiger partial charge in [0, 0.05) is 48.1 Å². The highest BCUT2D eigenvalue weighted by Gasteiger charge is 2.31. The molecule has 1 N–H and O–H groups in total. The Hall–Kier alpha value is -3.07. The molecule has 0 unspecified atom stereocenters. The van der Waals surface area contributed by atoms with Crippen LogP contribution >= 0.6 is 23.2 Å². The molecular weight excluding hydrogens is 605 g/mol. The quantitative estimate of drug-likeness (QED) is 0.215. The summed E-state index contributed by atoms with van der Waals surface area (Å²) < 4.78 is 26.9. The standard InChI is InChI=1S/C33H41Cl2N3O4S/c1-23(2)21-36-33(40)31(20-26-13-7-6-8-14-26)37(22-27-28(34)15-10-16-29(27)35)32(39)18-11-19-38(43(5,41)42)30-17-9-12-24(3)25(30)4/h6-10,12-17,23,31H,11,18-22H2,1-5H3,(H,36,40)/t31-/m1/s1. The van der Waals surface area contributed by atoms with E-state index in [2.05, 4.69) is 5.32 Å². The third-order valence-corrected chi connectivity index (χ3v) is 9.23. The molecule has 0 saturated carbocycles. The van der Waals surface area contributed by atoms with Gasteiger partial charge in [-0.3, -0.25) is 13.9 Å². The topological polar surface area (TPSA) is 86.8 Å². The number of sulfonamides is 1. The van der Waals surface area contributed by atoms with E-state index in [1.165, 1.54) is 9.21 Å². The molecular formula is C33H41Cl2N3O4S. The van der Waals surface area contributed by atoms with Gasteiger partial charge in [0.1, 0.15) is 6.04 Å². The summed E-state index contributed by atoms with van der Waals surface area (Å²) in [6, 6.07) is 19.3. The van der Waals surface area contributed by atoms with E-state index in [9.17, 15) is 18.0 Å². The van der Waals surface area contributed by atoms with Crippen LogP contribution in [-0.2, 0) is 32.6 Å². The van der Waals surface area contributed by atoms with E-state index >= 15 is 0 Å². The number of aryl methyl sites for hydroxylation is 1. The van der Waals surface area contributed by atoms with E-state index in [0.29, 0.717) is 27.8 Å². The van der Waals surface area contributed by atoms with Crippen molar-refractivity contribution in [2.45, 2.75) is 59.5 Å². The van der Waals surface area contributed by atoms with E-state index in [4.69, 9.17) is 23.2 Å². The van der Waals surface area contributed by atoms with E-state index in [-0.39, 0.29) is 50.1 Å². The van der Waals surface area contributed by atoms with Crippen molar-refractivity contribution in [3.63, 3.8) is 0 Å². The Bertz CT molecular complexity index is 1490. The van der Waals surface area contributed by atoms with Crippen LogP contribution < -0.4 is 9.62 Å². The van der Waals surface area contributed by atoms with Crippen molar-refractivity contribution < 1.29 is 18.0 Å². The number of nitrogens with zero attached hydrogens (tertiary/aromatic N) is 2. The smallest absolute Gasteiger partial charge is 0.243 e. The van der Waals surface area contributed by atoms with Crippen LogP contribution in [0.4, 0.5) is 5.69 Å². The largest absolute Gasteiger partial charge is 0.354 e. The van der Waals surface area contributed by atoms with Crippen molar-refractivity contribution in [3.8, 4) is 0 Å². The zero-order valence-corrected chi connectivity index (χ0v) is 27.8. The first-order valence-corrected chi connectivity index (χ1v) is 17.0. The number of rotatable bonds is 14. The molecule has 7 nitrogen and oxygen atoms in total. The molecule has 2 amide bonds. The molecule has 0 fully saturated rings. The van der Waals surface area contributed by atoms with Gasteiger partial charge in [0.05, 0.1) is 11.9 Å². The molecule has 0 radical (unpaired) electrons. The van der Waals surface area contributed by atoms with Gasteiger partial charge in [-0.2, -0.15) is 0 Å². The number of nitrogens with one attached hydrogen (secondary N) is 1. The highest BCUT2D eigenvalue weighted by Crippen LogP contribution is 2.29. The van der Waals surface area contributed by atoms with Crippen molar-refractivity contribution in [2.24, 2.45) is 5.92 Å². The van der Waals surface area contributed by atoms with Crippen molar-refractivity contribution >= 4 is 50.7 Å². The molecule has 3 aromatic rings. The average Bonchev–Trinajstić information content (AvgIpc) is 2.94. The first-order valence-electron chi connectivity index (χ1n) is 14.4. The molecule has 0 aliphatic rings. The second-order valence-corrected chi connectivity index (χ2v) is 13.9. The molecule has 232 valence electrons. The van der Waals surface area contributed by atoms with Crippen LogP contribution in [0, 0.1) is 19.8 Å². The molecule has 0 aliphatic carbocycles. The number of amides is 2. The molecule has 10 heteroatoms. The number of benzene rings is 3. The van der Waals surface area contributed by atoms with Crippen LogP contribution in [0.25, 0.3) is 0 Å². The minimum atomic E-state index is -3.61. The summed E-state index contributed by atoms with van der Waals surface area (Å²) in [6.07, 6.45) is 1.72. The molecule has 3 aromatic carbocycles. The fourth-order valence-electron chi connectivity index (χ4n) is 4.82. The lowest BCUT2D eigenvalue weighted by molar-refractivity contribution is -0.141. The van der Waals surface area contributed by atoms with Gasteiger partial charge >= 0.3 is 0 Å². The molecule has 0 bridgehead atoms. The summed E-state index contributed by atoms with van der Waals surface area (Å²) in [7, 11) is -3.61. The van der Waals surface area contributed by atoms with E-state index in [1.807, 2.05) is 70.2 Å². The van der Waals surface area contributed by atoms with Crippen LogP contribution in [0.1, 0.15) is 48.9 Å². The minimum Gasteiger partial charge on any atom is -0.354 e. The van der Waals surface area contributed by atoms with E-state index in [0.717, 1.165) is 22.9 Å². The van der Waals surface area contributed by atoms with Crippen molar-refractivity contribution in [3.05, 3.63) is 99.0 Å². The lowest BCUT2D eigenvalue weighted by Gasteiger charge is -2.32. The van der Waals surface area contributed by atoms with Gasteiger partial charge in [-0.25, -0.2) is 8.42 Å². The van der Waals surface area contributed by atoms with Crippen LogP contribution in [0.15, 0.2) is 66.7 Å². The Kier molecular flexibility index (Phi) is 12.5. The van der Waals surface area contributed by atoms with Gasteiger partial charge in [-0.1, -0.05) is 85.6 Å². The van der Waals surface area contributed by atoms with Crippen LogP contribution in [0.3, 0.4) is 0 Å². The highest BCUT2D eigenvalue weighted by atomic mass is 35.5. The van der Waals surface area contributed by atoms with Gasteiger partial charge in [0.2, 0.25) is 21.8 Å². The Morgan fingerprint density at radius 2 is 1.53 bits per heavy atom. The van der Waals surface area contributed by atoms with Crippen LogP contribution in [-0.4, -0.2) is 50.5 Å². The lowest BCUT2D eigenvalue weighted by Crippen LogP contribution is -2.51. The molecule has 0 heterocycles. The molecule has 0 spiro atoms. The molecule has 1 atom stereocenters. The predicted molar refractivity (Wildman–Crippen MR) is 176 cm³/mol. The fourth-order valence-corrected chi connectivity index (χ4v) is 6.35. The van der Waals surface area contributed by atoms with Gasteiger partial charge in [-0.15, -0.1) is 0 Å². The van der Waals surface area contributed by atoms with Crippen molar-refractivity contribution in [1.29, 1.82) is 0 Å². The van der Waals surface area contributed by atoms with E-state index in [1.54, 1.807) is 24.3 Å². The number of hydrogen-bond donors (Lipinski definition) is 1. The second-order valence-electron chi connectivity index (χ2n) is 11.2. The third kappa shape index (κ3) is 9.71. The zero-order valence-electron chi connectivity index (χ0n) is 25.4. The predicted octanol–water partition coefficient (Wildman–Crippen LogP) is 6.57. The summed E-state index contributed by atoms with van der Waals surface area (Å²) in [5, 5.41) is 3.78. The fraction of sp³-hybridized carbons (Fsp3) is 0.394. The Morgan fingerprint density at radius 1 is 0.907 bits per heavy atom. The number of halogens is 2. The van der Waals surface area contributed by atoms with E-state index < -0.39 is 16.1 Å². The van der Waals surface area contributed by atoms with Gasteiger partial charge in [-0.05, 0) is 61.1 Å². The normalized spacial score (nSPS) is 12.2. The number of anilines is 1. The summed E-state index contributed by atoms with van der Waals surface area (Å²) in [5.41, 5.74) is 3.86. The maximum atomic E-state index is 14.0. The minimum absolute atomic E-state index is 0.0156. The Morgan fingerprint density at radius 3 is 2.14 bits per heavy atom. The lowest BCUT2D eigenvalue weighted by atomic mass is 10.0. The van der Waals surface area contributed by atoms with Gasteiger partial charge < -0.3 is 10.2 Å². The number of carbonyl (C=O) groups is 2. The first-order chi connectivity index (χ1) is 20.3. The average molecular weight is 647 g/mol. The van der Waals surface area contributed by atoms with Crippen molar-refractivity contribution in [2.75, 3.05) is 23.7 Å². The summed E-state index contributed by atoms with van der Waals surface area (Å²) in [6.45, 7) is 8.41. The summed E-state index contributed by atoms with van der Waals surface area (Å²) in [5.74, 6) is -0.358. The highest BCUT2D eigenvalue weighted by molar-refractivity contribution is 7.92. The van der Waals surface area contributed by atoms with Gasteiger partial charge in [0.15, 0.2) is 0 Å². The zero-order chi connectivity index (χ0) is 31.7. The molecule has 3 rings (SSSR count). The number of carbonyl (C=O) groups excluding carboxylic acids is 2.